The van der Waals surface area contributed by atoms with Gasteiger partial charge in [-0.15, -0.1) is 0 Å². The van der Waals surface area contributed by atoms with Crippen molar-refractivity contribution in [1.29, 1.82) is 0 Å². The Kier molecular flexibility index (Phi) is 5.91. The number of anilines is 1. The van der Waals surface area contributed by atoms with Crippen LogP contribution in [0.5, 0.6) is 0 Å². The fourth-order valence-electron chi connectivity index (χ4n) is 4.80. The molecule has 0 bridgehead atoms. The van der Waals surface area contributed by atoms with E-state index in [0.29, 0.717) is 34.2 Å². The molecule has 0 spiro atoms. The van der Waals surface area contributed by atoms with Crippen LogP contribution < -0.4 is 5.32 Å². The van der Waals surface area contributed by atoms with Crippen molar-refractivity contribution >= 4 is 34.9 Å². The highest BCUT2D eigenvalue weighted by atomic mass is 35.5. The van der Waals surface area contributed by atoms with E-state index in [-0.39, 0.29) is 23.6 Å². The fraction of sp³-hybridized carbons (Fsp3) is 0.375. The summed E-state index contributed by atoms with van der Waals surface area (Å²) in [6.07, 6.45) is 4.81. The largest absolute Gasteiger partial charge is 0.324 e. The summed E-state index contributed by atoms with van der Waals surface area (Å²) in [4.78, 5) is 40.1. The standard InChI is InChI=1S/C24H25ClN2O3/c1-15(28)16-7-5-10-20(13-16)26-23(29)22-14-17-6-2-3-11-21(17)27(22)24(30)18-8-4-9-19(25)12-18/h4-5,7-10,12-13,17,21-22H,2-3,6,11,14H2,1H3,(H,26,29). The number of carbonyl (C=O) groups is 3. The van der Waals surface area contributed by atoms with E-state index in [1.165, 1.54) is 6.92 Å². The second-order valence-corrected chi connectivity index (χ2v) is 8.65. The molecule has 1 heterocycles. The number of nitrogens with one attached hydrogen (secondary N) is 1. The molecule has 1 aliphatic heterocycles. The second kappa shape index (κ2) is 8.60. The minimum absolute atomic E-state index is 0.0595. The SMILES string of the molecule is CC(=O)c1cccc(NC(=O)C2CC3CCCCC3N2C(=O)c2cccc(Cl)c2)c1. The molecule has 0 radical (unpaired) electrons. The maximum atomic E-state index is 13.4. The first-order valence-electron chi connectivity index (χ1n) is 10.4. The van der Waals surface area contributed by atoms with Crippen molar-refractivity contribution in [1.82, 2.24) is 4.90 Å². The Morgan fingerprint density at radius 1 is 1.00 bits per heavy atom. The molecule has 2 aromatic carbocycles. The molecule has 2 fully saturated rings. The molecule has 6 heteroatoms. The molecule has 4 rings (SSSR count). The summed E-state index contributed by atoms with van der Waals surface area (Å²) in [6, 6.07) is 13.3. The van der Waals surface area contributed by atoms with Gasteiger partial charge in [-0.25, -0.2) is 0 Å². The van der Waals surface area contributed by atoms with Crippen LogP contribution >= 0.6 is 11.6 Å². The number of halogens is 1. The molecule has 30 heavy (non-hydrogen) atoms. The van der Waals surface area contributed by atoms with Gasteiger partial charge in [-0.05, 0) is 62.4 Å². The highest BCUT2D eigenvalue weighted by Gasteiger charge is 2.47. The molecule has 3 atom stereocenters. The van der Waals surface area contributed by atoms with Crippen LogP contribution in [-0.2, 0) is 4.79 Å². The van der Waals surface area contributed by atoms with Crippen molar-refractivity contribution in [2.75, 3.05) is 5.32 Å². The lowest BCUT2D eigenvalue weighted by Crippen LogP contribution is -2.47. The van der Waals surface area contributed by atoms with Crippen LogP contribution in [0.25, 0.3) is 0 Å². The summed E-state index contributed by atoms with van der Waals surface area (Å²) in [5.41, 5.74) is 1.61. The highest BCUT2D eigenvalue weighted by Crippen LogP contribution is 2.41. The Morgan fingerprint density at radius 2 is 1.73 bits per heavy atom. The zero-order valence-electron chi connectivity index (χ0n) is 16.9. The van der Waals surface area contributed by atoms with E-state index < -0.39 is 6.04 Å². The monoisotopic (exact) mass is 424 g/mol. The molecule has 1 saturated heterocycles. The summed E-state index contributed by atoms with van der Waals surface area (Å²) in [6.45, 7) is 1.49. The van der Waals surface area contributed by atoms with E-state index in [9.17, 15) is 14.4 Å². The molecule has 2 amide bonds. The van der Waals surface area contributed by atoms with Gasteiger partial charge >= 0.3 is 0 Å². The van der Waals surface area contributed by atoms with E-state index in [1.54, 1.807) is 53.4 Å². The zero-order chi connectivity index (χ0) is 21.3. The number of nitrogens with zero attached hydrogens (tertiary/aromatic N) is 1. The van der Waals surface area contributed by atoms with Gasteiger partial charge in [0, 0.05) is 27.9 Å². The molecule has 2 aliphatic rings. The summed E-state index contributed by atoms with van der Waals surface area (Å²) in [5, 5.41) is 3.43. The number of Topliss-reactive ketones (excluding diaryl/α,β-unsaturated/α-hetero) is 1. The lowest BCUT2D eigenvalue weighted by atomic mass is 9.84. The molecular weight excluding hydrogens is 400 g/mol. The Balaban J connectivity index is 1.61. The van der Waals surface area contributed by atoms with Gasteiger partial charge in [0.1, 0.15) is 6.04 Å². The van der Waals surface area contributed by atoms with Crippen LogP contribution in [0.2, 0.25) is 5.02 Å². The van der Waals surface area contributed by atoms with Gasteiger partial charge in [-0.2, -0.15) is 0 Å². The first kappa shape index (κ1) is 20.6. The Hall–Kier alpha value is -2.66. The molecular formula is C24H25ClN2O3. The third kappa shape index (κ3) is 4.12. The summed E-state index contributed by atoms with van der Waals surface area (Å²) in [5.74, 6) is -0.0815. The van der Waals surface area contributed by atoms with Crippen LogP contribution in [-0.4, -0.2) is 34.6 Å². The number of benzene rings is 2. The smallest absolute Gasteiger partial charge is 0.254 e. The first-order chi connectivity index (χ1) is 14.4. The van der Waals surface area contributed by atoms with Crippen molar-refractivity contribution in [3.8, 4) is 0 Å². The maximum absolute atomic E-state index is 13.4. The van der Waals surface area contributed by atoms with E-state index in [4.69, 9.17) is 11.6 Å². The van der Waals surface area contributed by atoms with Gasteiger partial charge in [0.25, 0.3) is 5.91 Å². The van der Waals surface area contributed by atoms with E-state index in [1.807, 2.05) is 0 Å². The van der Waals surface area contributed by atoms with Crippen LogP contribution in [0, 0.1) is 5.92 Å². The summed E-state index contributed by atoms with van der Waals surface area (Å²) in [7, 11) is 0. The molecule has 3 unspecified atom stereocenters. The van der Waals surface area contributed by atoms with E-state index in [0.717, 1.165) is 25.7 Å². The van der Waals surface area contributed by atoms with Gasteiger partial charge in [0.15, 0.2) is 5.78 Å². The van der Waals surface area contributed by atoms with Gasteiger partial charge in [-0.3, -0.25) is 14.4 Å². The highest BCUT2D eigenvalue weighted by molar-refractivity contribution is 6.31. The molecule has 2 aromatic rings. The van der Waals surface area contributed by atoms with E-state index in [2.05, 4.69) is 5.32 Å². The Morgan fingerprint density at radius 3 is 2.50 bits per heavy atom. The third-order valence-electron chi connectivity index (χ3n) is 6.23. The average molecular weight is 425 g/mol. The molecule has 0 aromatic heterocycles. The lowest BCUT2D eigenvalue weighted by Gasteiger charge is -2.33. The van der Waals surface area contributed by atoms with Crippen molar-refractivity contribution in [2.24, 2.45) is 5.92 Å². The van der Waals surface area contributed by atoms with Crippen LogP contribution in [0.15, 0.2) is 48.5 Å². The van der Waals surface area contributed by atoms with E-state index >= 15 is 0 Å². The summed E-state index contributed by atoms with van der Waals surface area (Å²) >= 11 is 6.10. The molecule has 156 valence electrons. The minimum atomic E-state index is -0.537. The third-order valence-corrected chi connectivity index (χ3v) is 6.47. The number of hydrogen-bond donors (Lipinski definition) is 1. The van der Waals surface area contributed by atoms with Crippen LogP contribution in [0.3, 0.4) is 0 Å². The number of ketones is 1. The number of likely N-dealkylation sites (tertiary alicyclic amines) is 1. The second-order valence-electron chi connectivity index (χ2n) is 8.21. The number of carbonyl (C=O) groups excluding carboxylic acids is 3. The minimum Gasteiger partial charge on any atom is -0.324 e. The molecule has 5 nitrogen and oxygen atoms in total. The van der Waals surface area contributed by atoms with Crippen LogP contribution in [0.4, 0.5) is 5.69 Å². The Bertz CT molecular complexity index is 990. The van der Waals surface area contributed by atoms with Gasteiger partial charge in [-0.1, -0.05) is 42.6 Å². The van der Waals surface area contributed by atoms with Crippen LogP contribution in [0.1, 0.15) is 59.7 Å². The molecule has 1 aliphatic carbocycles. The van der Waals surface area contributed by atoms with Crippen molar-refractivity contribution in [2.45, 2.75) is 51.1 Å². The van der Waals surface area contributed by atoms with Gasteiger partial charge in [0.05, 0.1) is 0 Å². The predicted molar refractivity (Wildman–Crippen MR) is 117 cm³/mol. The van der Waals surface area contributed by atoms with Crippen molar-refractivity contribution in [3.63, 3.8) is 0 Å². The first-order valence-corrected chi connectivity index (χ1v) is 10.8. The Labute approximate surface area is 181 Å². The number of fused-ring (bicyclic) bond motifs is 1. The zero-order valence-corrected chi connectivity index (χ0v) is 17.7. The number of hydrogen-bond acceptors (Lipinski definition) is 3. The quantitative estimate of drug-likeness (QED) is 0.706. The van der Waals surface area contributed by atoms with Gasteiger partial charge in [0.2, 0.25) is 5.91 Å². The van der Waals surface area contributed by atoms with Gasteiger partial charge < -0.3 is 10.2 Å². The number of amides is 2. The predicted octanol–water partition coefficient (Wildman–Crippen LogP) is 4.95. The normalized spacial score (nSPS) is 23.0. The summed E-state index contributed by atoms with van der Waals surface area (Å²) < 4.78 is 0. The van der Waals surface area contributed by atoms with Crippen molar-refractivity contribution in [3.05, 3.63) is 64.7 Å². The maximum Gasteiger partial charge on any atom is 0.254 e. The topological polar surface area (TPSA) is 66.5 Å². The average Bonchev–Trinajstić information content (AvgIpc) is 3.13. The fourth-order valence-corrected chi connectivity index (χ4v) is 4.99. The molecule has 1 N–H and O–H groups in total. The van der Waals surface area contributed by atoms with Crippen molar-refractivity contribution < 1.29 is 14.4 Å². The number of rotatable bonds is 4. The lowest BCUT2D eigenvalue weighted by molar-refractivity contribution is -0.120. The molecule has 1 saturated carbocycles.